The van der Waals surface area contributed by atoms with Crippen molar-refractivity contribution in [1.29, 1.82) is 0 Å². The van der Waals surface area contributed by atoms with Crippen LogP contribution >= 0.6 is 11.8 Å². The van der Waals surface area contributed by atoms with Crippen LogP contribution in [0.25, 0.3) is 0 Å². The molecule has 0 atom stereocenters. The minimum Gasteiger partial charge on any atom is -0.396 e. The monoisotopic (exact) mass is 272 g/mol. The van der Waals surface area contributed by atoms with Gasteiger partial charge in [-0.05, 0) is 25.7 Å². The molecule has 2 rings (SSSR count). The van der Waals surface area contributed by atoms with Gasteiger partial charge in [-0.2, -0.15) is 0 Å². The lowest BCUT2D eigenvalue weighted by molar-refractivity contribution is -0.141. The first kappa shape index (κ1) is 13.7. The largest absolute Gasteiger partial charge is 0.396 e. The zero-order valence-corrected chi connectivity index (χ0v) is 11.3. The maximum atomic E-state index is 12.2. The summed E-state index contributed by atoms with van der Waals surface area (Å²) >= 11 is 1.56. The number of aliphatic hydroxyl groups is 1. The Morgan fingerprint density at radius 3 is 2.78 bits per heavy atom. The van der Waals surface area contributed by atoms with Crippen LogP contribution in [0, 0.1) is 0 Å². The van der Waals surface area contributed by atoms with E-state index in [0.29, 0.717) is 30.6 Å². The Labute approximate surface area is 112 Å². The number of thioether (sulfide) groups is 1. The SMILES string of the molecule is O=C1CSCN1CC(=O)N(CCCO)C1CCC1. The summed E-state index contributed by atoms with van der Waals surface area (Å²) in [5.74, 6) is 1.21. The first-order valence-corrected chi connectivity index (χ1v) is 7.63. The van der Waals surface area contributed by atoms with Crippen LogP contribution in [0.2, 0.25) is 0 Å². The van der Waals surface area contributed by atoms with Gasteiger partial charge in [0.05, 0.1) is 11.6 Å². The average Bonchev–Trinajstić information content (AvgIpc) is 2.67. The molecule has 1 aliphatic carbocycles. The molecule has 0 bridgehead atoms. The summed E-state index contributed by atoms with van der Waals surface area (Å²) in [5.41, 5.74) is 0. The van der Waals surface area contributed by atoms with Gasteiger partial charge in [0.1, 0.15) is 6.54 Å². The molecule has 18 heavy (non-hydrogen) atoms. The van der Waals surface area contributed by atoms with Gasteiger partial charge in [-0.1, -0.05) is 0 Å². The molecular formula is C12H20N2O3S. The Hall–Kier alpha value is -0.750. The van der Waals surface area contributed by atoms with Crippen LogP contribution < -0.4 is 0 Å². The molecule has 1 saturated heterocycles. The van der Waals surface area contributed by atoms with Crippen LogP contribution in [0.5, 0.6) is 0 Å². The fourth-order valence-corrected chi connectivity index (χ4v) is 3.15. The molecule has 0 aromatic rings. The van der Waals surface area contributed by atoms with E-state index in [9.17, 15) is 9.59 Å². The maximum Gasteiger partial charge on any atom is 0.242 e. The highest BCUT2D eigenvalue weighted by molar-refractivity contribution is 8.00. The predicted molar refractivity (Wildman–Crippen MR) is 70.1 cm³/mol. The van der Waals surface area contributed by atoms with Crippen molar-refractivity contribution in [2.24, 2.45) is 0 Å². The number of hydrogen-bond acceptors (Lipinski definition) is 4. The van der Waals surface area contributed by atoms with Crippen LogP contribution in [-0.4, -0.2) is 64.1 Å². The van der Waals surface area contributed by atoms with E-state index in [1.54, 1.807) is 16.7 Å². The Balaban J connectivity index is 1.87. The molecule has 6 heteroatoms. The molecule has 0 radical (unpaired) electrons. The summed E-state index contributed by atoms with van der Waals surface area (Å²) in [5, 5.41) is 8.89. The van der Waals surface area contributed by atoms with Gasteiger partial charge in [-0.25, -0.2) is 0 Å². The minimum atomic E-state index is 0.0315. The van der Waals surface area contributed by atoms with Gasteiger partial charge in [0.2, 0.25) is 11.8 Å². The Morgan fingerprint density at radius 2 is 2.28 bits per heavy atom. The predicted octanol–water partition coefficient (Wildman–Crippen LogP) is 0.283. The smallest absolute Gasteiger partial charge is 0.242 e. The fourth-order valence-electron chi connectivity index (χ4n) is 2.24. The van der Waals surface area contributed by atoms with Crippen molar-refractivity contribution >= 4 is 23.6 Å². The van der Waals surface area contributed by atoms with Crippen molar-refractivity contribution in [2.75, 3.05) is 31.3 Å². The molecule has 1 aliphatic heterocycles. The number of amides is 2. The van der Waals surface area contributed by atoms with Gasteiger partial charge >= 0.3 is 0 Å². The van der Waals surface area contributed by atoms with E-state index in [1.165, 1.54) is 6.42 Å². The zero-order valence-electron chi connectivity index (χ0n) is 10.5. The topological polar surface area (TPSA) is 60.9 Å². The second-order valence-electron chi connectivity index (χ2n) is 4.82. The van der Waals surface area contributed by atoms with Gasteiger partial charge in [-0.15, -0.1) is 11.8 Å². The first-order chi connectivity index (χ1) is 8.72. The molecule has 102 valence electrons. The molecule has 5 nitrogen and oxygen atoms in total. The van der Waals surface area contributed by atoms with Gasteiger partial charge < -0.3 is 14.9 Å². The van der Waals surface area contributed by atoms with Crippen molar-refractivity contribution in [3.63, 3.8) is 0 Å². The van der Waals surface area contributed by atoms with Gasteiger partial charge in [-0.3, -0.25) is 9.59 Å². The quantitative estimate of drug-likeness (QED) is 0.754. The van der Waals surface area contributed by atoms with Crippen LogP contribution in [0.15, 0.2) is 0 Å². The lowest BCUT2D eigenvalue weighted by Crippen LogP contribution is -2.49. The molecular weight excluding hydrogens is 252 g/mol. The number of carbonyl (C=O) groups excluding carboxylic acids is 2. The van der Waals surface area contributed by atoms with E-state index in [2.05, 4.69) is 0 Å². The lowest BCUT2D eigenvalue weighted by Gasteiger charge is -2.38. The number of carbonyl (C=O) groups is 2. The van der Waals surface area contributed by atoms with E-state index >= 15 is 0 Å². The Kier molecular flexibility index (Phi) is 4.88. The second-order valence-corrected chi connectivity index (χ2v) is 5.77. The zero-order chi connectivity index (χ0) is 13.0. The molecule has 2 fully saturated rings. The summed E-state index contributed by atoms with van der Waals surface area (Å²) in [6.07, 6.45) is 3.90. The van der Waals surface area contributed by atoms with E-state index in [0.717, 1.165) is 12.8 Å². The summed E-state index contributed by atoms with van der Waals surface area (Å²) in [4.78, 5) is 27.2. The molecule has 0 unspecified atom stereocenters. The molecule has 2 amide bonds. The first-order valence-electron chi connectivity index (χ1n) is 6.48. The molecule has 1 N–H and O–H groups in total. The van der Waals surface area contributed by atoms with Crippen molar-refractivity contribution in [3.05, 3.63) is 0 Å². The highest BCUT2D eigenvalue weighted by Gasteiger charge is 2.31. The maximum absolute atomic E-state index is 12.2. The molecule has 0 aromatic heterocycles. The third-order valence-electron chi connectivity index (χ3n) is 3.54. The van der Waals surface area contributed by atoms with Crippen LogP contribution in [0.1, 0.15) is 25.7 Å². The van der Waals surface area contributed by atoms with Crippen molar-refractivity contribution in [3.8, 4) is 0 Å². The van der Waals surface area contributed by atoms with E-state index in [-0.39, 0.29) is 25.0 Å². The lowest BCUT2D eigenvalue weighted by atomic mass is 9.91. The third-order valence-corrected chi connectivity index (χ3v) is 4.49. The van der Waals surface area contributed by atoms with Gasteiger partial charge in [0.25, 0.3) is 0 Å². The van der Waals surface area contributed by atoms with Gasteiger partial charge in [0.15, 0.2) is 0 Å². The Bertz CT molecular complexity index is 320. The number of nitrogens with zero attached hydrogens (tertiary/aromatic N) is 2. The molecule has 0 aromatic carbocycles. The van der Waals surface area contributed by atoms with E-state index < -0.39 is 0 Å². The van der Waals surface area contributed by atoms with Crippen LogP contribution in [-0.2, 0) is 9.59 Å². The highest BCUT2D eigenvalue weighted by atomic mass is 32.2. The van der Waals surface area contributed by atoms with Crippen LogP contribution in [0.4, 0.5) is 0 Å². The van der Waals surface area contributed by atoms with Crippen molar-refractivity contribution in [2.45, 2.75) is 31.7 Å². The standard InChI is InChI=1S/C12H20N2O3S/c15-6-2-5-14(10-3-1-4-10)11(16)7-13-9-18-8-12(13)17/h10,15H,1-9H2. The number of hydrogen-bond donors (Lipinski definition) is 1. The minimum absolute atomic E-state index is 0.0315. The molecule has 1 saturated carbocycles. The third kappa shape index (κ3) is 3.17. The summed E-state index contributed by atoms with van der Waals surface area (Å²) < 4.78 is 0. The average molecular weight is 272 g/mol. The van der Waals surface area contributed by atoms with Crippen LogP contribution in [0.3, 0.4) is 0 Å². The number of aliphatic hydroxyl groups excluding tert-OH is 1. The summed E-state index contributed by atoms with van der Waals surface area (Å²) in [7, 11) is 0. The fraction of sp³-hybridized carbons (Fsp3) is 0.833. The van der Waals surface area contributed by atoms with Crippen molar-refractivity contribution in [1.82, 2.24) is 9.80 Å². The highest BCUT2D eigenvalue weighted by Crippen LogP contribution is 2.25. The van der Waals surface area contributed by atoms with Gasteiger partial charge in [0, 0.05) is 19.2 Å². The molecule has 0 spiro atoms. The molecule has 2 aliphatic rings. The summed E-state index contributed by atoms with van der Waals surface area (Å²) in [6.45, 7) is 0.915. The van der Waals surface area contributed by atoms with E-state index in [1.807, 2.05) is 4.90 Å². The molecule has 1 heterocycles. The number of rotatable bonds is 6. The summed E-state index contributed by atoms with van der Waals surface area (Å²) in [6, 6.07) is 0.328. The van der Waals surface area contributed by atoms with Crippen molar-refractivity contribution < 1.29 is 14.7 Å². The second kappa shape index (κ2) is 6.43. The normalized spacial score (nSPS) is 20.1. The van der Waals surface area contributed by atoms with E-state index in [4.69, 9.17) is 5.11 Å². The Morgan fingerprint density at radius 1 is 1.50 bits per heavy atom.